The van der Waals surface area contributed by atoms with Gasteiger partial charge in [0.15, 0.2) is 0 Å². The molecule has 0 aliphatic heterocycles. The van der Waals surface area contributed by atoms with Crippen LogP contribution in [0.4, 0.5) is 0 Å². The fourth-order valence-electron chi connectivity index (χ4n) is 2.11. The molecule has 0 aliphatic carbocycles. The van der Waals surface area contributed by atoms with Crippen LogP contribution >= 0.6 is 23.4 Å². The van der Waals surface area contributed by atoms with E-state index in [1.807, 2.05) is 61.7 Å². The summed E-state index contributed by atoms with van der Waals surface area (Å²) in [7, 11) is 0. The van der Waals surface area contributed by atoms with Gasteiger partial charge in [-0.2, -0.15) is 11.8 Å². The van der Waals surface area contributed by atoms with E-state index in [0.29, 0.717) is 10.6 Å². The van der Waals surface area contributed by atoms with E-state index in [4.69, 9.17) is 11.6 Å². The first-order chi connectivity index (χ1) is 10.1. The standard InChI is InChI=1S/C17H18ClNOS/c1-12(14-6-4-8-16(18)10-14)19-17(20)15-7-3-5-13(9-15)11-21-2/h3-10,12H,11H2,1-2H3,(H,19,20)/t12-/m0/s1. The molecule has 2 aromatic carbocycles. The van der Waals surface area contributed by atoms with Gasteiger partial charge in [0, 0.05) is 16.3 Å². The van der Waals surface area contributed by atoms with Crippen molar-refractivity contribution in [3.63, 3.8) is 0 Å². The zero-order chi connectivity index (χ0) is 15.2. The van der Waals surface area contributed by atoms with Crippen molar-refractivity contribution in [3.8, 4) is 0 Å². The summed E-state index contributed by atoms with van der Waals surface area (Å²) >= 11 is 7.72. The second kappa shape index (κ2) is 7.53. The minimum absolute atomic E-state index is 0.0644. The number of nitrogens with one attached hydrogen (secondary N) is 1. The number of hydrogen-bond donors (Lipinski definition) is 1. The molecule has 0 saturated heterocycles. The molecule has 0 aliphatic rings. The molecule has 0 fully saturated rings. The van der Waals surface area contributed by atoms with Crippen LogP contribution in [0.2, 0.25) is 5.02 Å². The molecule has 0 bridgehead atoms. The van der Waals surface area contributed by atoms with E-state index in [1.165, 1.54) is 0 Å². The minimum Gasteiger partial charge on any atom is -0.346 e. The normalized spacial score (nSPS) is 12.0. The smallest absolute Gasteiger partial charge is 0.251 e. The highest BCUT2D eigenvalue weighted by atomic mass is 35.5. The van der Waals surface area contributed by atoms with Crippen LogP contribution in [0.1, 0.15) is 34.5 Å². The highest BCUT2D eigenvalue weighted by molar-refractivity contribution is 7.97. The van der Waals surface area contributed by atoms with E-state index in [-0.39, 0.29) is 11.9 Å². The number of halogens is 1. The Morgan fingerprint density at radius 3 is 2.71 bits per heavy atom. The maximum atomic E-state index is 12.3. The quantitative estimate of drug-likeness (QED) is 0.866. The van der Waals surface area contributed by atoms with Gasteiger partial charge in [-0.25, -0.2) is 0 Å². The lowest BCUT2D eigenvalue weighted by Gasteiger charge is -2.15. The van der Waals surface area contributed by atoms with Crippen molar-refractivity contribution >= 4 is 29.3 Å². The lowest BCUT2D eigenvalue weighted by molar-refractivity contribution is 0.0940. The molecule has 1 amide bonds. The molecule has 21 heavy (non-hydrogen) atoms. The van der Waals surface area contributed by atoms with Crippen molar-refractivity contribution in [1.82, 2.24) is 5.32 Å². The van der Waals surface area contributed by atoms with Gasteiger partial charge in [-0.15, -0.1) is 0 Å². The average molecular weight is 320 g/mol. The number of carbonyl (C=O) groups excluding carboxylic acids is 1. The molecule has 2 nitrogen and oxygen atoms in total. The Labute approximate surface area is 134 Å². The first-order valence-electron chi connectivity index (χ1n) is 6.74. The zero-order valence-corrected chi connectivity index (χ0v) is 13.7. The van der Waals surface area contributed by atoms with Crippen LogP contribution < -0.4 is 5.32 Å². The average Bonchev–Trinajstić information content (AvgIpc) is 2.48. The first kappa shape index (κ1) is 15.9. The Balaban J connectivity index is 2.08. The van der Waals surface area contributed by atoms with Crippen LogP contribution in [-0.4, -0.2) is 12.2 Å². The van der Waals surface area contributed by atoms with E-state index in [9.17, 15) is 4.79 Å². The van der Waals surface area contributed by atoms with Crippen LogP contribution in [0, 0.1) is 0 Å². The molecule has 0 radical (unpaired) electrons. The van der Waals surface area contributed by atoms with Gasteiger partial charge in [0.2, 0.25) is 0 Å². The Kier molecular flexibility index (Phi) is 5.71. The summed E-state index contributed by atoms with van der Waals surface area (Å²) in [6, 6.07) is 15.2. The van der Waals surface area contributed by atoms with Gasteiger partial charge in [-0.05, 0) is 48.6 Å². The van der Waals surface area contributed by atoms with Gasteiger partial charge in [-0.3, -0.25) is 4.79 Å². The summed E-state index contributed by atoms with van der Waals surface area (Å²) in [4.78, 5) is 12.3. The third kappa shape index (κ3) is 4.51. The molecule has 2 aromatic rings. The van der Waals surface area contributed by atoms with Gasteiger partial charge >= 0.3 is 0 Å². The molecule has 4 heteroatoms. The number of rotatable bonds is 5. The lowest BCUT2D eigenvalue weighted by Crippen LogP contribution is -2.26. The molecule has 2 rings (SSSR count). The highest BCUT2D eigenvalue weighted by Gasteiger charge is 2.12. The highest BCUT2D eigenvalue weighted by Crippen LogP contribution is 2.18. The van der Waals surface area contributed by atoms with Crippen LogP contribution in [0.3, 0.4) is 0 Å². The predicted molar refractivity (Wildman–Crippen MR) is 91.0 cm³/mol. The molecule has 1 N–H and O–H groups in total. The molecule has 110 valence electrons. The summed E-state index contributed by atoms with van der Waals surface area (Å²) in [5.41, 5.74) is 2.84. The Morgan fingerprint density at radius 1 is 1.24 bits per heavy atom. The van der Waals surface area contributed by atoms with Gasteiger partial charge in [0.05, 0.1) is 6.04 Å². The molecule has 0 saturated carbocycles. The second-order valence-electron chi connectivity index (χ2n) is 4.88. The minimum atomic E-state index is -0.0830. The lowest BCUT2D eigenvalue weighted by atomic mass is 10.1. The third-order valence-corrected chi connectivity index (χ3v) is 4.05. The van der Waals surface area contributed by atoms with E-state index in [0.717, 1.165) is 16.9 Å². The van der Waals surface area contributed by atoms with Gasteiger partial charge in [0.25, 0.3) is 5.91 Å². The van der Waals surface area contributed by atoms with Crippen molar-refractivity contribution < 1.29 is 4.79 Å². The number of amides is 1. The Bertz CT molecular complexity index is 630. The van der Waals surface area contributed by atoms with Crippen molar-refractivity contribution in [2.75, 3.05) is 6.26 Å². The fourth-order valence-corrected chi connectivity index (χ4v) is 2.82. The molecule has 0 heterocycles. The topological polar surface area (TPSA) is 29.1 Å². The number of thioether (sulfide) groups is 1. The summed E-state index contributed by atoms with van der Waals surface area (Å²) in [6.45, 7) is 1.95. The Hall–Kier alpha value is -1.45. The van der Waals surface area contributed by atoms with Gasteiger partial charge in [-0.1, -0.05) is 35.9 Å². The van der Waals surface area contributed by atoms with Crippen LogP contribution in [-0.2, 0) is 5.75 Å². The summed E-state index contributed by atoms with van der Waals surface area (Å²) in [5.74, 6) is 0.843. The monoisotopic (exact) mass is 319 g/mol. The summed E-state index contributed by atoms with van der Waals surface area (Å²) in [6.07, 6.45) is 2.05. The van der Waals surface area contributed by atoms with Crippen molar-refractivity contribution in [1.29, 1.82) is 0 Å². The van der Waals surface area contributed by atoms with E-state index >= 15 is 0 Å². The third-order valence-electron chi connectivity index (χ3n) is 3.20. The molecule has 0 aromatic heterocycles. The van der Waals surface area contributed by atoms with Gasteiger partial charge in [0.1, 0.15) is 0 Å². The van der Waals surface area contributed by atoms with Crippen molar-refractivity contribution in [2.45, 2.75) is 18.7 Å². The van der Waals surface area contributed by atoms with Crippen molar-refractivity contribution in [3.05, 3.63) is 70.2 Å². The van der Waals surface area contributed by atoms with Gasteiger partial charge < -0.3 is 5.32 Å². The van der Waals surface area contributed by atoms with E-state index in [2.05, 4.69) is 5.32 Å². The predicted octanol–water partition coefficient (Wildman–Crippen LogP) is 4.69. The van der Waals surface area contributed by atoms with Crippen LogP contribution in [0.5, 0.6) is 0 Å². The first-order valence-corrected chi connectivity index (χ1v) is 8.51. The largest absolute Gasteiger partial charge is 0.346 e. The van der Waals surface area contributed by atoms with E-state index in [1.54, 1.807) is 11.8 Å². The number of carbonyl (C=O) groups is 1. The molecular formula is C17H18ClNOS. The molecular weight excluding hydrogens is 302 g/mol. The maximum absolute atomic E-state index is 12.3. The summed E-state index contributed by atoms with van der Waals surface area (Å²) in [5, 5.41) is 3.68. The van der Waals surface area contributed by atoms with E-state index < -0.39 is 0 Å². The second-order valence-corrected chi connectivity index (χ2v) is 6.19. The van der Waals surface area contributed by atoms with Crippen molar-refractivity contribution in [2.24, 2.45) is 0 Å². The zero-order valence-electron chi connectivity index (χ0n) is 12.1. The molecule has 0 spiro atoms. The maximum Gasteiger partial charge on any atom is 0.251 e. The Morgan fingerprint density at radius 2 is 2.00 bits per heavy atom. The SMILES string of the molecule is CSCc1cccc(C(=O)N[C@@H](C)c2cccc(Cl)c2)c1. The molecule has 1 atom stereocenters. The van der Waals surface area contributed by atoms with Crippen LogP contribution in [0.25, 0.3) is 0 Å². The summed E-state index contributed by atoms with van der Waals surface area (Å²) < 4.78 is 0. The van der Waals surface area contributed by atoms with Crippen LogP contribution in [0.15, 0.2) is 48.5 Å². The number of benzene rings is 2. The number of hydrogen-bond acceptors (Lipinski definition) is 2. The molecule has 0 unspecified atom stereocenters. The fraction of sp³-hybridized carbons (Fsp3) is 0.235.